The Labute approximate surface area is 69.4 Å². The standard InChI is InChI=1S/C10H18O/c1-5-10(4)6-8(2)9(3)7-11-10/h5-7H2,1-4H3. The summed E-state index contributed by atoms with van der Waals surface area (Å²) in [5.74, 6) is 0. The Bertz CT molecular complexity index is 181. The van der Waals surface area contributed by atoms with Gasteiger partial charge in [-0.1, -0.05) is 12.5 Å². The third kappa shape index (κ3) is 1.84. The van der Waals surface area contributed by atoms with Crippen molar-refractivity contribution in [3.63, 3.8) is 0 Å². The molecule has 1 heteroatoms. The highest BCUT2D eigenvalue weighted by Crippen LogP contribution is 2.30. The van der Waals surface area contributed by atoms with E-state index < -0.39 is 0 Å². The van der Waals surface area contributed by atoms with Crippen molar-refractivity contribution in [2.45, 2.75) is 46.1 Å². The summed E-state index contributed by atoms with van der Waals surface area (Å²) in [5.41, 5.74) is 3.04. The molecule has 0 aromatic heterocycles. The second-order valence-corrected chi connectivity index (χ2v) is 3.83. The van der Waals surface area contributed by atoms with E-state index in [0.717, 1.165) is 19.4 Å². The van der Waals surface area contributed by atoms with E-state index in [4.69, 9.17) is 4.74 Å². The number of hydrogen-bond donors (Lipinski definition) is 0. The molecule has 0 saturated carbocycles. The van der Waals surface area contributed by atoms with Crippen LogP contribution in [0.3, 0.4) is 0 Å². The van der Waals surface area contributed by atoms with E-state index >= 15 is 0 Å². The van der Waals surface area contributed by atoms with E-state index in [1.807, 2.05) is 0 Å². The molecular weight excluding hydrogens is 136 g/mol. The third-order valence-electron chi connectivity index (χ3n) is 2.75. The lowest BCUT2D eigenvalue weighted by Crippen LogP contribution is -2.32. The van der Waals surface area contributed by atoms with Gasteiger partial charge < -0.3 is 4.74 Å². The Morgan fingerprint density at radius 2 is 2.00 bits per heavy atom. The fraction of sp³-hybridized carbons (Fsp3) is 0.800. The van der Waals surface area contributed by atoms with E-state index in [9.17, 15) is 0 Å². The van der Waals surface area contributed by atoms with Gasteiger partial charge in [-0.2, -0.15) is 0 Å². The molecule has 1 atom stereocenters. The molecule has 0 spiro atoms. The Kier molecular flexibility index (Phi) is 2.38. The average molecular weight is 154 g/mol. The van der Waals surface area contributed by atoms with E-state index in [2.05, 4.69) is 27.7 Å². The van der Waals surface area contributed by atoms with Gasteiger partial charge in [0.1, 0.15) is 0 Å². The summed E-state index contributed by atoms with van der Waals surface area (Å²) in [4.78, 5) is 0. The minimum atomic E-state index is 0.115. The van der Waals surface area contributed by atoms with Gasteiger partial charge in [-0.25, -0.2) is 0 Å². The third-order valence-corrected chi connectivity index (χ3v) is 2.75. The molecule has 0 fully saturated rings. The van der Waals surface area contributed by atoms with Crippen LogP contribution in [0.5, 0.6) is 0 Å². The summed E-state index contributed by atoms with van der Waals surface area (Å²) >= 11 is 0. The zero-order valence-electron chi connectivity index (χ0n) is 8.03. The maximum atomic E-state index is 5.74. The molecule has 1 nitrogen and oxygen atoms in total. The Hall–Kier alpha value is -0.300. The lowest BCUT2D eigenvalue weighted by molar-refractivity contribution is -0.0319. The van der Waals surface area contributed by atoms with Crippen LogP contribution in [0.1, 0.15) is 40.5 Å². The van der Waals surface area contributed by atoms with Gasteiger partial charge in [-0.3, -0.25) is 0 Å². The van der Waals surface area contributed by atoms with Gasteiger partial charge in [-0.05, 0) is 39.2 Å². The van der Waals surface area contributed by atoms with E-state index in [-0.39, 0.29) is 5.60 Å². The van der Waals surface area contributed by atoms with Crippen molar-refractivity contribution in [1.82, 2.24) is 0 Å². The van der Waals surface area contributed by atoms with Crippen molar-refractivity contribution in [1.29, 1.82) is 0 Å². The maximum absolute atomic E-state index is 5.74. The summed E-state index contributed by atoms with van der Waals surface area (Å²) < 4.78 is 5.74. The fourth-order valence-corrected chi connectivity index (χ4v) is 1.40. The highest BCUT2D eigenvalue weighted by molar-refractivity contribution is 5.15. The van der Waals surface area contributed by atoms with E-state index in [0.29, 0.717) is 0 Å². The van der Waals surface area contributed by atoms with Crippen LogP contribution in [-0.4, -0.2) is 12.2 Å². The lowest BCUT2D eigenvalue weighted by Gasteiger charge is -2.34. The van der Waals surface area contributed by atoms with Crippen molar-refractivity contribution >= 4 is 0 Å². The van der Waals surface area contributed by atoms with Gasteiger partial charge in [0, 0.05) is 0 Å². The highest BCUT2D eigenvalue weighted by Gasteiger charge is 2.27. The molecule has 1 aliphatic rings. The molecule has 0 N–H and O–H groups in total. The Morgan fingerprint density at radius 3 is 2.45 bits per heavy atom. The molecule has 0 amide bonds. The summed E-state index contributed by atoms with van der Waals surface area (Å²) in [6, 6.07) is 0. The average Bonchev–Trinajstić information content (AvgIpc) is 1.98. The Balaban J connectivity index is 2.71. The van der Waals surface area contributed by atoms with Gasteiger partial charge in [0.25, 0.3) is 0 Å². The van der Waals surface area contributed by atoms with Crippen molar-refractivity contribution < 1.29 is 4.74 Å². The molecule has 0 saturated heterocycles. The number of ether oxygens (including phenoxy) is 1. The SMILES string of the molecule is CCC1(C)CC(C)=C(C)CO1. The van der Waals surface area contributed by atoms with Crippen LogP contribution in [-0.2, 0) is 4.74 Å². The highest BCUT2D eigenvalue weighted by atomic mass is 16.5. The van der Waals surface area contributed by atoms with Crippen molar-refractivity contribution in [3.05, 3.63) is 11.1 Å². The zero-order valence-corrected chi connectivity index (χ0v) is 8.03. The quantitative estimate of drug-likeness (QED) is 0.528. The molecule has 0 bridgehead atoms. The van der Waals surface area contributed by atoms with Gasteiger partial charge in [0.15, 0.2) is 0 Å². The first-order valence-electron chi connectivity index (χ1n) is 4.36. The first-order valence-corrected chi connectivity index (χ1v) is 4.36. The maximum Gasteiger partial charge on any atom is 0.0693 e. The summed E-state index contributed by atoms with van der Waals surface area (Å²) in [6.07, 6.45) is 2.22. The van der Waals surface area contributed by atoms with Gasteiger partial charge in [-0.15, -0.1) is 0 Å². The minimum Gasteiger partial charge on any atom is -0.371 e. The second kappa shape index (κ2) is 2.98. The predicted octanol–water partition coefficient (Wildman–Crippen LogP) is 2.91. The van der Waals surface area contributed by atoms with Crippen LogP contribution in [0.15, 0.2) is 11.1 Å². The van der Waals surface area contributed by atoms with Crippen LogP contribution in [0.4, 0.5) is 0 Å². The molecule has 0 aromatic carbocycles. The van der Waals surface area contributed by atoms with Gasteiger partial charge in [0.2, 0.25) is 0 Å². The molecule has 1 aliphatic heterocycles. The molecule has 1 heterocycles. The molecule has 1 rings (SSSR count). The molecule has 1 unspecified atom stereocenters. The first-order chi connectivity index (χ1) is 5.07. The van der Waals surface area contributed by atoms with Crippen molar-refractivity contribution in [3.8, 4) is 0 Å². The monoisotopic (exact) mass is 154 g/mol. The molecule has 0 radical (unpaired) electrons. The molecule has 0 aliphatic carbocycles. The van der Waals surface area contributed by atoms with Crippen LogP contribution in [0.2, 0.25) is 0 Å². The molecule has 11 heavy (non-hydrogen) atoms. The second-order valence-electron chi connectivity index (χ2n) is 3.83. The molecular formula is C10H18O. The largest absolute Gasteiger partial charge is 0.371 e. The summed E-state index contributed by atoms with van der Waals surface area (Å²) in [7, 11) is 0. The Morgan fingerprint density at radius 1 is 1.36 bits per heavy atom. The molecule has 0 aromatic rings. The molecule has 64 valence electrons. The van der Waals surface area contributed by atoms with Crippen molar-refractivity contribution in [2.75, 3.05) is 6.61 Å². The van der Waals surface area contributed by atoms with Crippen LogP contribution in [0, 0.1) is 0 Å². The van der Waals surface area contributed by atoms with Crippen LogP contribution in [0.25, 0.3) is 0 Å². The van der Waals surface area contributed by atoms with E-state index in [1.165, 1.54) is 11.1 Å². The fourth-order valence-electron chi connectivity index (χ4n) is 1.40. The zero-order chi connectivity index (χ0) is 8.48. The smallest absolute Gasteiger partial charge is 0.0693 e. The topological polar surface area (TPSA) is 9.23 Å². The lowest BCUT2D eigenvalue weighted by atomic mass is 9.90. The number of hydrogen-bond acceptors (Lipinski definition) is 1. The minimum absolute atomic E-state index is 0.115. The van der Waals surface area contributed by atoms with Gasteiger partial charge in [0.05, 0.1) is 12.2 Å². The van der Waals surface area contributed by atoms with E-state index in [1.54, 1.807) is 0 Å². The summed E-state index contributed by atoms with van der Waals surface area (Å²) in [5, 5.41) is 0. The number of rotatable bonds is 1. The predicted molar refractivity (Wildman–Crippen MR) is 47.6 cm³/mol. The summed E-state index contributed by atoms with van der Waals surface area (Å²) in [6.45, 7) is 9.59. The van der Waals surface area contributed by atoms with Crippen molar-refractivity contribution in [2.24, 2.45) is 0 Å². The van der Waals surface area contributed by atoms with Gasteiger partial charge >= 0.3 is 0 Å². The van der Waals surface area contributed by atoms with Crippen LogP contribution >= 0.6 is 0 Å². The van der Waals surface area contributed by atoms with Crippen LogP contribution < -0.4 is 0 Å². The normalized spacial score (nSPS) is 32.7. The first kappa shape index (κ1) is 8.79.